The van der Waals surface area contributed by atoms with Crippen LogP contribution < -0.4 is 10.5 Å². The zero-order valence-electron chi connectivity index (χ0n) is 11.9. The van der Waals surface area contributed by atoms with E-state index in [1.165, 1.54) is 6.20 Å². The van der Waals surface area contributed by atoms with Crippen LogP contribution in [0.25, 0.3) is 0 Å². The van der Waals surface area contributed by atoms with Crippen LogP contribution in [-0.2, 0) is 4.74 Å². The van der Waals surface area contributed by atoms with Crippen LogP contribution in [0.5, 0.6) is 5.88 Å². The van der Waals surface area contributed by atoms with Crippen LogP contribution in [-0.4, -0.2) is 41.1 Å². The summed E-state index contributed by atoms with van der Waals surface area (Å²) in [5.41, 5.74) is 5.76. The number of nitrogens with two attached hydrogens (primary N) is 1. The number of rotatable bonds is 6. The minimum absolute atomic E-state index is 0. The minimum Gasteiger partial charge on any atom is -0.469 e. The van der Waals surface area contributed by atoms with Crippen molar-refractivity contribution in [3.63, 3.8) is 0 Å². The van der Waals surface area contributed by atoms with Crippen LogP contribution in [0.4, 0.5) is 5.69 Å². The van der Waals surface area contributed by atoms with E-state index >= 15 is 0 Å². The van der Waals surface area contributed by atoms with Gasteiger partial charge in [0.25, 0.3) is 0 Å². The third-order valence-corrected chi connectivity index (χ3v) is 3.52. The Kier molecular flexibility index (Phi) is 6.86. The van der Waals surface area contributed by atoms with Crippen LogP contribution >= 0.6 is 12.4 Å². The highest BCUT2D eigenvalue weighted by Gasteiger charge is 2.26. The highest BCUT2D eigenvalue weighted by molar-refractivity contribution is 5.85. The number of nitro groups is 1. The maximum absolute atomic E-state index is 11.0. The van der Waals surface area contributed by atoms with Crippen LogP contribution in [0.1, 0.15) is 31.7 Å². The van der Waals surface area contributed by atoms with Crippen LogP contribution in [0.2, 0.25) is 0 Å². The van der Waals surface area contributed by atoms with Gasteiger partial charge < -0.3 is 15.2 Å². The lowest BCUT2D eigenvalue weighted by Crippen LogP contribution is -2.28. The first-order valence-electron chi connectivity index (χ1n) is 6.72. The maximum atomic E-state index is 11.0. The second-order valence-electron chi connectivity index (χ2n) is 4.97. The standard InChI is InChI=1S/C12H20N4O4.ClH/c1-19-6-7-20-12-11(16(17)18)8-15(14-12)10-4-2-9(13)3-5-10;/h8-10H,2-7,13H2,1H3;1H/t9-,10-;. The number of methoxy groups -OCH3 is 1. The number of ether oxygens (including phenoxy) is 2. The van der Waals surface area contributed by atoms with Crippen molar-refractivity contribution in [1.82, 2.24) is 9.78 Å². The summed E-state index contributed by atoms with van der Waals surface area (Å²) in [6.45, 7) is 0.603. The molecule has 0 aliphatic heterocycles. The molecule has 1 aliphatic rings. The molecule has 21 heavy (non-hydrogen) atoms. The van der Waals surface area contributed by atoms with Crippen LogP contribution in [0.15, 0.2) is 6.20 Å². The predicted molar refractivity (Wildman–Crippen MR) is 79.0 cm³/mol. The van der Waals surface area contributed by atoms with Gasteiger partial charge in [-0.2, -0.15) is 0 Å². The van der Waals surface area contributed by atoms with Crippen LogP contribution in [0.3, 0.4) is 0 Å². The Balaban J connectivity index is 0.00000220. The Morgan fingerprint density at radius 3 is 2.67 bits per heavy atom. The van der Waals surface area contributed by atoms with E-state index in [2.05, 4.69) is 5.10 Å². The van der Waals surface area contributed by atoms with E-state index in [1.54, 1.807) is 11.8 Å². The number of hydrogen-bond donors (Lipinski definition) is 1. The van der Waals surface area contributed by atoms with Gasteiger partial charge in [0.1, 0.15) is 12.8 Å². The summed E-state index contributed by atoms with van der Waals surface area (Å²) in [6, 6.07) is 0.391. The van der Waals surface area contributed by atoms with Crippen molar-refractivity contribution in [2.75, 3.05) is 20.3 Å². The zero-order chi connectivity index (χ0) is 14.5. The number of aromatic nitrogens is 2. The molecular formula is C12H21ClN4O4. The van der Waals surface area contributed by atoms with Crippen molar-refractivity contribution in [1.29, 1.82) is 0 Å². The van der Waals surface area contributed by atoms with Crippen molar-refractivity contribution in [2.24, 2.45) is 5.73 Å². The second-order valence-corrected chi connectivity index (χ2v) is 4.97. The molecule has 1 heterocycles. The second kappa shape index (κ2) is 8.16. The molecule has 9 heteroatoms. The Morgan fingerprint density at radius 2 is 2.10 bits per heavy atom. The Morgan fingerprint density at radius 1 is 1.43 bits per heavy atom. The molecule has 1 saturated carbocycles. The molecule has 1 aliphatic carbocycles. The molecule has 0 unspecified atom stereocenters. The minimum atomic E-state index is -0.472. The van der Waals surface area contributed by atoms with Gasteiger partial charge in [-0.3, -0.25) is 14.8 Å². The van der Waals surface area contributed by atoms with Crippen molar-refractivity contribution >= 4 is 18.1 Å². The molecule has 0 spiro atoms. The van der Waals surface area contributed by atoms with Crippen molar-refractivity contribution in [3.05, 3.63) is 16.3 Å². The largest absolute Gasteiger partial charge is 0.469 e. The molecule has 2 rings (SSSR count). The number of hydrogen-bond acceptors (Lipinski definition) is 6. The van der Waals surface area contributed by atoms with Crippen LogP contribution in [0, 0.1) is 10.1 Å². The van der Waals surface area contributed by atoms with E-state index in [4.69, 9.17) is 15.2 Å². The molecule has 0 aromatic carbocycles. The average molecular weight is 321 g/mol. The molecule has 0 amide bonds. The van der Waals surface area contributed by atoms with Gasteiger partial charge in [0, 0.05) is 13.2 Å². The highest BCUT2D eigenvalue weighted by atomic mass is 35.5. The van der Waals surface area contributed by atoms with E-state index in [1.807, 2.05) is 0 Å². The summed E-state index contributed by atoms with van der Waals surface area (Å²) in [4.78, 5) is 10.6. The zero-order valence-corrected chi connectivity index (χ0v) is 12.8. The molecule has 8 nitrogen and oxygen atoms in total. The molecular weight excluding hydrogens is 300 g/mol. The third-order valence-electron chi connectivity index (χ3n) is 3.52. The van der Waals surface area contributed by atoms with E-state index < -0.39 is 4.92 Å². The fourth-order valence-electron chi connectivity index (χ4n) is 2.37. The van der Waals surface area contributed by atoms with Gasteiger partial charge in [-0.1, -0.05) is 0 Å². The first-order valence-corrected chi connectivity index (χ1v) is 6.72. The SMILES string of the molecule is COCCOc1nn([C@H]2CC[C@H](N)CC2)cc1[N+](=O)[O-].Cl. The summed E-state index contributed by atoms with van der Waals surface area (Å²) in [6.07, 6.45) is 5.05. The molecule has 0 radical (unpaired) electrons. The smallest absolute Gasteiger partial charge is 0.350 e. The molecule has 0 saturated heterocycles. The van der Waals surface area contributed by atoms with Gasteiger partial charge in [-0.15, -0.1) is 17.5 Å². The Labute approximate surface area is 129 Å². The lowest BCUT2D eigenvalue weighted by molar-refractivity contribution is -0.386. The number of halogens is 1. The van der Waals surface area contributed by atoms with Gasteiger partial charge in [0.15, 0.2) is 0 Å². The molecule has 1 fully saturated rings. The Bertz CT molecular complexity index is 460. The summed E-state index contributed by atoms with van der Waals surface area (Å²) < 4.78 is 11.8. The van der Waals surface area contributed by atoms with Gasteiger partial charge in [-0.25, -0.2) is 0 Å². The normalized spacial score (nSPS) is 21.6. The highest BCUT2D eigenvalue weighted by Crippen LogP contribution is 2.32. The lowest BCUT2D eigenvalue weighted by atomic mass is 9.92. The molecule has 2 N–H and O–H groups in total. The monoisotopic (exact) mass is 320 g/mol. The molecule has 1 aromatic rings. The fourth-order valence-corrected chi connectivity index (χ4v) is 2.37. The van der Waals surface area contributed by atoms with E-state index in [9.17, 15) is 10.1 Å². The van der Waals surface area contributed by atoms with E-state index in [-0.39, 0.29) is 42.7 Å². The summed E-state index contributed by atoms with van der Waals surface area (Å²) in [5.74, 6) is 0.0573. The predicted octanol–water partition coefficient (Wildman–Crippen LogP) is 1.68. The van der Waals surface area contributed by atoms with E-state index in [0.29, 0.717) is 6.61 Å². The van der Waals surface area contributed by atoms with Crippen molar-refractivity contribution in [3.8, 4) is 5.88 Å². The molecule has 120 valence electrons. The lowest BCUT2D eigenvalue weighted by Gasteiger charge is -2.25. The fraction of sp³-hybridized carbons (Fsp3) is 0.750. The first kappa shape index (κ1) is 17.7. The van der Waals surface area contributed by atoms with E-state index in [0.717, 1.165) is 25.7 Å². The average Bonchev–Trinajstić information content (AvgIpc) is 2.84. The van der Waals surface area contributed by atoms with Gasteiger partial charge in [-0.05, 0) is 25.7 Å². The summed E-state index contributed by atoms with van der Waals surface area (Å²) >= 11 is 0. The van der Waals surface area contributed by atoms with Gasteiger partial charge >= 0.3 is 11.6 Å². The third kappa shape index (κ3) is 4.55. The molecule has 1 aromatic heterocycles. The van der Waals surface area contributed by atoms with Gasteiger partial charge in [0.2, 0.25) is 0 Å². The topological polar surface area (TPSA) is 105 Å². The van der Waals surface area contributed by atoms with Crippen molar-refractivity contribution < 1.29 is 14.4 Å². The quantitative estimate of drug-likeness (QED) is 0.485. The summed E-state index contributed by atoms with van der Waals surface area (Å²) in [5, 5.41) is 15.2. The van der Waals surface area contributed by atoms with Crippen molar-refractivity contribution in [2.45, 2.75) is 37.8 Å². The molecule has 0 atom stereocenters. The first-order chi connectivity index (χ1) is 9.61. The number of nitrogens with zero attached hydrogens (tertiary/aromatic N) is 3. The summed E-state index contributed by atoms with van der Waals surface area (Å²) in [7, 11) is 1.54. The Hall–Kier alpha value is -1.38. The molecule has 0 bridgehead atoms. The van der Waals surface area contributed by atoms with Gasteiger partial charge in [0.05, 0.1) is 17.6 Å². The maximum Gasteiger partial charge on any atom is 0.350 e.